The van der Waals surface area contributed by atoms with Crippen LogP contribution >= 0.6 is 24.0 Å². The lowest BCUT2D eigenvalue weighted by molar-refractivity contribution is 0.262. The Morgan fingerprint density at radius 2 is 1.64 bits per heavy atom. The Bertz CT molecular complexity index is 668. The van der Waals surface area contributed by atoms with Crippen LogP contribution in [-0.2, 0) is 6.42 Å². The van der Waals surface area contributed by atoms with Crippen LogP contribution in [0, 0.1) is 5.92 Å². The van der Waals surface area contributed by atoms with Crippen molar-refractivity contribution in [3.63, 3.8) is 0 Å². The van der Waals surface area contributed by atoms with Gasteiger partial charge in [-0.1, -0.05) is 23.7 Å². The van der Waals surface area contributed by atoms with Gasteiger partial charge in [0.15, 0.2) is 0 Å². The van der Waals surface area contributed by atoms with E-state index >= 15 is 0 Å². The molecule has 3 N–H and O–H groups in total. The van der Waals surface area contributed by atoms with E-state index in [-0.39, 0.29) is 18.4 Å². The number of carbonyl (C=O) groups excluding carboxylic acids is 1. The fraction of sp³-hybridized carbons (Fsp3) is 0.316. The summed E-state index contributed by atoms with van der Waals surface area (Å²) in [5, 5.41) is 9.66. The van der Waals surface area contributed by atoms with E-state index in [0.29, 0.717) is 10.7 Å². The highest BCUT2D eigenvalue weighted by Gasteiger charge is 2.13. The molecule has 0 aromatic heterocycles. The summed E-state index contributed by atoms with van der Waals surface area (Å²) in [6.45, 7) is 2.29. The van der Waals surface area contributed by atoms with Crippen LogP contribution in [-0.4, -0.2) is 19.1 Å². The molecule has 4 nitrogen and oxygen atoms in total. The Balaban J connectivity index is 0.00000225. The first-order valence-corrected chi connectivity index (χ1v) is 8.70. The fourth-order valence-electron chi connectivity index (χ4n) is 2.91. The molecule has 0 radical (unpaired) electrons. The van der Waals surface area contributed by atoms with Gasteiger partial charge in [-0.25, -0.2) is 4.79 Å². The Kier molecular flexibility index (Phi) is 7.56. The molecular weight excluding hydrogens is 357 g/mol. The van der Waals surface area contributed by atoms with Crippen molar-refractivity contribution in [2.24, 2.45) is 5.92 Å². The minimum atomic E-state index is -0.262. The van der Waals surface area contributed by atoms with Gasteiger partial charge in [-0.2, -0.15) is 0 Å². The molecule has 3 rings (SSSR count). The number of anilines is 2. The second-order valence-electron chi connectivity index (χ2n) is 6.18. The highest BCUT2D eigenvalue weighted by atomic mass is 35.5. The van der Waals surface area contributed by atoms with Gasteiger partial charge in [0.1, 0.15) is 0 Å². The topological polar surface area (TPSA) is 53.2 Å². The number of aryl methyl sites for hydroxylation is 1. The third kappa shape index (κ3) is 6.24. The highest BCUT2D eigenvalue weighted by Crippen LogP contribution is 2.18. The molecule has 2 aromatic carbocycles. The average molecular weight is 380 g/mol. The number of hydrogen-bond donors (Lipinski definition) is 3. The molecule has 1 aliphatic heterocycles. The Morgan fingerprint density at radius 1 is 1.04 bits per heavy atom. The first-order chi connectivity index (χ1) is 11.7. The van der Waals surface area contributed by atoms with E-state index in [1.54, 1.807) is 24.3 Å². The van der Waals surface area contributed by atoms with Crippen LogP contribution in [0.4, 0.5) is 16.2 Å². The van der Waals surface area contributed by atoms with Crippen molar-refractivity contribution in [2.45, 2.75) is 19.3 Å². The highest BCUT2D eigenvalue weighted by molar-refractivity contribution is 6.30. The lowest BCUT2D eigenvalue weighted by atomic mass is 9.99. The average Bonchev–Trinajstić information content (AvgIpc) is 3.10. The minimum absolute atomic E-state index is 0. The summed E-state index contributed by atoms with van der Waals surface area (Å²) in [5.41, 5.74) is 2.80. The van der Waals surface area contributed by atoms with Crippen LogP contribution in [0.5, 0.6) is 0 Å². The van der Waals surface area contributed by atoms with Gasteiger partial charge in [0, 0.05) is 16.4 Å². The van der Waals surface area contributed by atoms with Crippen molar-refractivity contribution in [1.82, 2.24) is 5.32 Å². The van der Waals surface area contributed by atoms with Crippen molar-refractivity contribution >= 4 is 41.4 Å². The zero-order chi connectivity index (χ0) is 16.8. The lowest BCUT2D eigenvalue weighted by Gasteiger charge is -2.10. The molecule has 1 aliphatic rings. The second-order valence-corrected chi connectivity index (χ2v) is 6.62. The maximum Gasteiger partial charge on any atom is 0.323 e. The summed E-state index contributed by atoms with van der Waals surface area (Å²) < 4.78 is 0. The van der Waals surface area contributed by atoms with Crippen molar-refractivity contribution in [1.29, 1.82) is 0 Å². The normalized spacial score (nSPS) is 16.1. The van der Waals surface area contributed by atoms with E-state index in [2.05, 4.69) is 28.1 Å². The largest absolute Gasteiger partial charge is 0.323 e. The third-order valence-corrected chi connectivity index (χ3v) is 4.57. The summed E-state index contributed by atoms with van der Waals surface area (Å²) >= 11 is 5.83. The molecule has 0 bridgehead atoms. The molecular formula is C19H23Cl2N3O. The quantitative estimate of drug-likeness (QED) is 0.688. The molecule has 6 heteroatoms. The SMILES string of the molecule is Cl.O=C(Nc1ccc(Cl)cc1)Nc1ccc(CCC2CCNC2)cc1. The summed E-state index contributed by atoms with van der Waals surface area (Å²) in [4.78, 5) is 12.0. The molecule has 1 fully saturated rings. The summed E-state index contributed by atoms with van der Waals surface area (Å²) in [7, 11) is 0. The predicted molar refractivity (Wildman–Crippen MR) is 107 cm³/mol. The maximum absolute atomic E-state index is 12.0. The molecule has 0 aliphatic carbocycles. The Morgan fingerprint density at radius 3 is 2.20 bits per heavy atom. The molecule has 0 saturated carbocycles. The van der Waals surface area contributed by atoms with Gasteiger partial charge in [-0.3, -0.25) is 0 Å². The maximum atomic E-state index is 12.0. The van der Waals surface area contributed by atoms with Gasteiger partial charge in [0.25, 0.3) is 0 Å². The van der Waals surface area contributed by atoms with Crippen LogP contribution in [0.25, 0.3) is 0 Å². The van der Waals surface area contributed by atoms with Crippen LogP contribution < -0.4 is 16.0 Å². The third-order valence-electron chi connectivity index (χ3n) is 4.32. The predicted octanol–water partition coefficient (Wildman–Crippen LogP) is 4.95. The zero-order valence-electron chi connectivity index (χ0n) is 13.9. The van der Waals surface area contributed by atoms with Crippen LogP contribution in [0.15, 0.2) is 48.5 Å². The Labute approximate surface area is 159 Å². The molecule has 2 amide bonds. The monoisotopic (exact) mass is 379 g/mol. The number of urea groups is 1. The molecule has 1 atom stereocenters. The van der Waals surface area contributed by atoms with Gasteiger partial charge < -0.3 is 16.0 Å². The lowest BCUT2D eigenvalue weighted by Crippen LogP contribution is -2.19. The number of nitrogens with one attached hydrogen (secondary N) is 3. The molecule has 1 unspecified atom stereocenters. The van der Waals surface area contributed by atoms with Crippen LogP contribution in [0.1, 0.15) is 18.4 Å². The van der Waals surface area contributed by atoms with Gasteiger partial charge in [-0.15, -0.1) is 12.4 Å². The van der Waals surface area contributed by atoms with E-state index < -0.39 is 0 Å². The summed E-state index contributed by atoms with van der Waals surface area (Å²) in [6.07, 6.45) is 3.59. The first-order valence-electron chi connectivity index (χ1n) is 8.32. The van der Waals surface area contributed by atoms with Gasteiger partial charge in [-0.05, 0) is 80.2 Å². The molecule has 134 valence electrons. The van der Waals surface area contributed by atoms with Crippen molar-refractivity contribution in [2.75, 3.05) is 23.7 Å². The molecule has 2 aromatic rings. The molecule has 25 heavy (non-hydrogen) atoms. The number of hydrogen-bond acceptors (Lipinski definition) is 2. The van der Waals surface area contributed by atoms with Gasteiger partial charge in [0.2, 0.25) is 0 Å². The Hall–Kier alpha value is -1.75. The van der Waals surface area contributed by atoms with E-state index in [0.717, 1.165) is 31.1 Å². The number of rotatable bonds is 5. The fourth-order valence-corrected chi connectivity index (χ4v) is 3.04. The van der Waals surface area contributed by atoms with E-state index in [4.69, 9.17) is 11.6 Å². The van der Waals surface area contributed by atoms with Crippen molar-refractivity contribution < 1.29 is 4.79 Å². The first kappa shape index (κ1) is 19.6. The number of benzene rings is 2. The minimum Gasteiger partial charge on any atom is -0.316 e. The van der Waals surface area contributed by atoms with Gasteiger partial charge in [0.05, 0.1) is 0 Å². The van der Waals surface area contributed by atoms with E-state index in [9.17, 15) is 4.79 Å². The molecule has 0 spiro atoms. The number of amides is 2. The molecule has 1 heterocycles. The zero-order valence-corrected chi connectivity index (χ0v) is 15.5. The summed E-state index contributed by atoms with van der Waals surface area (Å²) in [5.74, 6) is 0.799. The van der Waals surface area contributed by atoms with Crippen LogP contribution in [0.3, 0.4) is 0 Å². The van der Waals surface area contributed by atoms with Crippen molar-refractivity contribution in [3.8, 4) is 0 Å². The summed E-state index contributed by atoms with van der Waals surface area (Å²) in [6, 6.07) is 14.8. The smallest absolute Gasteiger partial charge is 0.316 e. The van der Waals surface area contributed by atoms with E-state index in [1.165, 1.54) is 18.4 Å². The van der Waals surface area contributed by atoms with Gasteiger partial charge >= 0.3 is 6.03 Å². The van der Waals surface area contributed by atoms with E-state index in [1.807, 2.05) is 12.1 Å². The standard InChI is InChI=1S/C19H22ClN3O.ClH/c20-16-5-9-18(10-6-16)23-19(24)22-17-7-3-14(4-8-17)1-2-15-11-12-21-13-15;/h3-10,15,21H,1-2,11-13H2,(H2,22,23,24);1H. The molecule has 1 saturated heterocycles. The van der Waals surface area contributed by atoms with Crippen LogP contribution in [0.2, 0.25) is 5.02 Å². The second kappa shape index (κ2) is 9.66. The number of halogens is 2. The van der Waals surface area contributed by atoms with Crippen molar-refractivity contribution in [3.05, 3.63) is 59.1 Å². The number of carbonyl (C=O) groups is 1.